The van der Waals surface area contributed by atoms with Gasteiger partial charge in [0.1, 0.15) is 0 Å². The molecule has 1 amide bonds. The number of aromatic nitrogens is 4. The lowest BCUT2D eigenvalue weighted by Crippen LogP contribution is -2.08. The summed E-state index contributed by atoms with van der Waals surface area (Å²) < 4.78 is 24.7. The predicted octanol–water partition coefficient (Wildman–Crippen LogP) is 1.18. The molecule has 0 saturated carbocycles. The summed E-state index contributed by atoms with van der Waals surface area (Å²) in [6, 6.07) is 6.87. The van der Waals surface area contributed by atoms with E-state index in [1.807, 2.05) is 6.07 Å². The Kier molecular flexibility index (Phi) is 3.57. The predicted molar refractivity (Wildman–Crippen MR) is 84.1 cm³/mol. The summed E-state index contributed by atoms with van der Waals surface area (Å²) in [6.45, 7) is 1.42. The van der Waals surface area contributed by atoms with Gasteiger partial charge in [-0.05, 0) is 18.2 Å². The van der Waals surface area contributed by atoms with Crippen LogP contribution in [0.2, 0.25) is 0 Å². The first-order chi connectivity index (χ1) is 10.8. The van der Waals surface area contributed by atoms with Crippen molar-refractivity contribution in [1.82, 2.24) is 19.7 Å². The van der Waals surface area contributed by atoms with Gasteiger partial charge in [0, 0.05) is 36.5 Å². The van der Waals surface area contributed by atoms with E-state index >= 15 is 0 Å². The van der Waals surface area contributed by atoms with Gasteiger partial charge in [-0.2, -0.15) is 10.1 Å². The number of carbonyl (C=O) groups excluding carboxylic acids is 1. The SMILES string of the molecule is CC(=O)Nc1ccc2cnn(-c3ccnc(S(C)(=O)=O)n3)c2c1. The third-order valence-electron chi connectivity index (χ3n) is 3.06. The minimum Gasteiger partial charge on any atom is -0.326 e. The maximum absolute atomic E-state index is 11.6. The number of nitrogens with one attached hydrogen (secondary N) is 1. The van der Waals surface area contributed by atoms with Crippen molar-refractivity contribution in [2.45, 2.75) is 12.1 Å². The molecule has 2 heterocycles. The average molecular weight is 331 g/mol. The topological polar surface area (TPSA) is 107 Å². The van der Waals surface area contributed by atoms with Crippen LogP contribution >= 0.6 is 0 Å². The lowest BCUT2D eigenvalue weighted by Gasteiger charge is -2.06. The highest BCUT2D eigenvalue weighted by atomic mass is 32.2. The standard InChI is InChI=1S/C14H13N5O3S/c1-9(20)17-11-4-3-10-8-16-19(12(10)7-11)13-5-6-15-14(18-13)23(2,21)22/h3-8H,1-2H3,(H,17,20). The number of amides is 1. The van der Waals surface area contributed by atoms with Crippen LogP contribution in [0.4, 0.5) is 5.69 Å². The number of carbonyl (C=O) groups is 1. The van der Waals surface area contributed by atoms with Gasteiger partial charge in [-0.1, -0.05) is 0 Å². The van der Waals surface area contributed by atoms with Crippen molar-refractivity contribution in [2.24, 2.45) is 0 Å². The molecule has 1 N–H and O–H groups in total. The van der Waals surface area contributed by atoms with Gasteiger partial charge in [-0.3, -0.25) is 4.79 Å². The number of nitrogens with zero attached hydrogens (tertiary/aromatic N) is 4. The number of sulfone groups is 1. The van der Waals surface area contributed by atoms with Crippen LogP contribution < -0.4 is 5.32 Å². The van der Waals surface area contributed by atoms with E-state index in [1.165, 1.54) is 17.8 Å². The maximum atomic E-state index is 11.6. The van der Waals surface area contributed by atoms with Gasteiger partial charge in [0.05, 0.1) is 11.7 Å². The van der Waals surface area contributed by atoms with Crippen LogP contribution in [-0.4, -0.2) is 40.3 Å². The molecule has 3 rings (SSSR count). The fraction of sp³-hybridized carbons (Fsp3) is 0.143. The molecular weight excluding hydrogens is 318 g/mol. The fourth-order valence-electron chi connectivity index (χ4n) is 2.11. The zero-order chi connectivity index (χ0) is 16.6. The molecule has 118 valence electrons. The lowest BCUT2D eigenvalue weighted by atomic mass is 10.2. The molecule has 0 saturated heterocycles. The van der Waals surface area contributed by atoms with Crippen molar-refractivity contribution in [2.75, 3.05) is 11.6 Å². The van der Waals surface area contributed by atoms with E-state index in [0.29, 0.717) is 17.0 Å². The van der Waals surface area contributed by atoms with Crippen LogP contribution in [0.25, 0.3) is 16.7 Å². The molecule has 2 aromatic heterocycles. The molecule has 0 aliphatic rings. The van der Waals surface area contributed by atoms with Crippen molar-refractivity contribution in [3.05, 3.63) is 36.7 Å². The van der Waals surface area contributed by atoms with E-state index < -0.39 is 9.84 Å². The van der Waals surface area contributed by atoms with Crippen LogP contribution in [0.5, 0.6) is 0 Å². The highest BCUT2D eigenvalue weighted by Crippen LogP contribution is 2.21. The Hall–Kier alpha value is -2.81. The average Bonchev–Trinajstić information content (AvgIpc) is 2.89. The monoisotopic (exact) mass is 331 g/mol. The molecule has 1 aromatic carbocycles. The lowest BCUT2D eigenvalue weighted by molar-refractivity contribution is -0.114. The van der Waals surface area contributed by atoms with Crippen molar-refractivity contribution in [1.29, 1.82) is 0 Å². The molecular formula is C14H13N5O3S. The van der Waals surface area contributed by atoms with Gasteiger partial charge in [-0.15, -0.1) is 0 Å². The van der Waals surface area contributed by atoms with Crippen molar-refractivity contribution in [3.63, 3.8) is 0 Å². The molecule has 0 bridgehead atoms. The van der Waals surface area contributed by atoms with Crippen molar-refractivity contribution in [3.8, 4) is 5.82 Å². The maximum Gasteiger partial charge on any atom is 0.248 e. The summed E-state index contributed by atoms with van der Waals surface area (Å²) in [7, 11) is -3.51. The molecule has 3 aromatic rings. The third kappa shape index (κ3) is 3.04. The normalized spacial score (nSPS) is 11.6. The smallest absolute Gasteiger partial charge is 0.248 e. The summed E-state index contributed by atoms with van der Waals surface area (Å²) in [5, 5.41) is 7.49. The highest BCUT2D eigenvalue weighted by Gasteiger charge is 2.14. The van der Waals surface area contributed by atoms with Crippen LogP contribution in [0.1, 0.15) is 6.92 Å². The zero-order valence-electron chi connectivity index (χ0n) is 12.4. The molecule has 0 spiro atoms. The summed E-state index contributed by atoms with van der Waals surface area (Å²) in [5.74, 6) is 0.146. The Bertz CT molecular complexity index is 1010. The number of hydrogen-bond acceptors (Lipinski definition) is 6. The summed E-state index contributed by atoms with van der Waals surface area (Å²) in [5.41, 5.74) is 1.30. The minimum absolute atomic E-state index is 0.184. The minimum atomic E-state index is -3.51. The molecule has 0 fully saturated rings. The van der Waals surface area contributed by atoms with Crippen LogP contribution in [0, 0.1) is 0 Å². The summed E-state index contributed by atoms with van der Waals surface area (Å²) in [6.07, 6.45) is 4.04. The molecule has 0 atom stereocenters. The van der Waals surface area contributed by atoms with Gasteiger partial charge < -0.3 is 5.32 Å². The first-order valence-corrected chi connectivity index (χ1v) is 8.52. The number of rotatable bonds is 3. The van der Waals surface area contributed by atoms with Crippen molar-refractivity contribution >= 4 is 32.3 Å². The van der Waals surface area contributed by atoms with Gasteiger partial charge in [-0.25, -0.2) is 18.1 Å². The van der Waals surface area contributed by atoms with Crippen LogP contribution in [0.3, 0.4) is 0 Å². The quantitative estimate of drug-likeness (QED) is 0.722. The molecule has 9 heteroatoms. The molecule has 0 aliphatic carbocycles. The van der Waals surface area contributed by atoms with E-state index in [4.69, 9.17) is 0 Å². The van der Waals surface area contributed by atoms with Crippen molar-refractivity contribution < 1.29 is 13.2 Å². The molecule has 0 radical (unpaired) electrons. The Labute approximate surface area is 132 Å². The molecule has 0 unspecified atom stereocenters. The first kappa shape index (κ1) is 15.1. The second-order valence-corrected chi connectivity index (χ2v) is 6.89. The number of anilines is 1. The number of benzene rings is 1. The Morgan fingerprint density at radius 2 is 2.04 bits per heavy atom. The number of hydrogen-bond donors (Lipinski definition) is 1. The van der Waals surface area contributed by atoms with Gasteiger partial charge in [0.25, 0.3) is 0 Å². The van der Waals surface area contributed by atoms with Gasteiger partial charge in [0.2, 0.25) is 20.9 Å². The van der Waals surface area contributed by atoms with E-state index in [0.717, 1.165) is 11.6 Å². The highest BCUT2D eigenvalue weighted by molar-refractivity contribution is 7.90. The number of fused-ring (bicyclic) bond motifs is 1. The largest absolute Gasteiger partial charge is 0.326 e. The van der Waals surface area contributed by atoms with Crippen LogP contribution in [0.15, 0.2) is 41.8 Å². The van der Waals surface area contributed by atoms with Gasteiger partial charge >= 0.3 is 0 Å². The molecule has 8 nitrogen and oxygen atoms in total. The third-order valence-corrected chi connectivity index (χ3v) is 3.92. The second kappa shape index (κ2) is 5.43. The molecule has 23 heavy (non-hydrogen) atoms. The van der Waals surface area contributed by atoms with Crippen LogP contribution in [-0.2, 0) is 14.6 Å². The second-order valence-electron chi connectivity index (χ2n) is 4.98. The summed E-state index contributed by atoms with van der Waals surface area (Å²) >= 11 is 0. The molecule has 0 aliphatic heterocycles. The van der Waals surface area contributed by atoms with E-state index in [1.54, 1.807) is 24.4 Å². The zero-order valence-corrected chi connectivity index (χ0v) is 13.2. The van der Waals surface area contributed by atoms with E-state index in [9.17, 15) is 13.2 Å². The van der Waals surface area contributed by atoms with E-state index in [-0.39, 0.29) is 11.1 Å². The Morgan fingerprint density at radius 3 is 2.74 bits per heavy atom. The Balaban J connectivity index is 2.15. The first-order valence-electron chi connectivity index (χ1n) is 6.63. The Morgan fingerprint density at radius 1 is 1.26 bits per heavy atom. The summed E-state index contributed by atoms with van der Waals surface area (Å²) in [4.78, 5) is 19.0. The van der Waals surface area contributed by atoms with Gasteiger partial charge in [0.15, 0.2) is 5.82 Å². The fourth-order valence-corrected chi connectivity index (χ4v) is 2.62. The van der Waals surface area contributed by atoms with E-state index in [2.05, 4.69) is 20.4 Å².